The van der Waals surface area contributed by atoms with E-state index in [9.17, 15) is 0 Å². The van der Waals surface area contributed by atoms with Crippen LogP contribution < -0.4 is 9.80 Å². The third kappa shape index (κ3) is 6.71. The monoisotopic (exact) mass is 912 g/mol. The maximum atomic E-state index is 7.15. The van der Waals surface area contributed by atoms with Gasteiger partial charge in [0.15, 0.2) is 11.2 Å². The van der Waals surface area contributed by atoms with E-state index < -0.39 is 0 Å². The standard InChI is InChI=1S/C66H60N2O2/c1-39(2)51-37-57(67(41-21-13-11-14-22-41)55-31-19-27-47-45-25-17-29-53(65(5,6)7)61(45)69-63(47)55)49-36-34-44-52(40(3)4)38-58(50-35-33-43(51)59(49)60(44)50)68(42-23-15-12-16-24-42)56-32-20-28-48-46-26-18-30-54(66(8,9)10)62(46)70-64(48)56/h11-40H,1-10H3. The summed E-state index contributed by atoms with van der Waals surface area (Å²) in [5, 5.41) is 12.0. The first kappa shape index (κ1) is 43.7. The van der Waals surface area contributed by atoms with E-state index in [-0.39, 0.29) is 22.7 Å². The number of hydrogen-bond acceptors (Lipinski definition) is 4. The summed E-state index contributed by atoms with van der Waals surface area (Å²) in [5.41, 5.74) is 14.9. The van der Waals surface area contributed by atoms with Crippen LogP contribution in [-0.4, -0.2) is 0 Å². The van der Waals surface area contributed by atoms with Crippen LogP contribution >= 0.6 is 0 Å². The summed E-state index contributed by atoms with van der Waals surface area (Å²) in [6.45, 7) is 22.9. The molecule has 12 aromatic rings. The van der Waals surface area contributed by atoms with Crippen molar-refractivity contribution in [2.24, 2.45) is 0 Å². The Kier molecular flexibility index (Phi) is 9.99. The van der Waals surface area contributed by atoms with Gasteiger partial charge in [0, 0.05) is 54.8 Å². The lowest BCUT2D eigenvalue weighted by Gasteiger charge is -2.31. The Hall–Kier alpha value is -7.56. The highest BCUT2D eigenvalue weighted by atomic mass is 16.3. The van der Waals surface area contributed by atoms with E-state index >= 15 is 0 Å². The molecule has 0 atom stereocenters. The molecule has 0 aliphatic carbocycles. The van der Waals surface area contributed by atoms with Crippen LogP contribution in [0.15, 0.2) is 179 Å². The molecular formula is C66H60N2O2. The summed E-state index contributed by atoms with van der Waals surface area (Å²) in [5.74, 6) is 0.483. The number of benzene rings is 10. The van der Waals surface area contributed by atoms with Gasteiger partial charge in [0.05, 0.1) is 22.7 Å². The zero-order valence-corrected chi connectivity index (χ0v) is 42.0. The Bertz CT molecular complexity index is 3710. The molecule has 4 nitrogen and oxygen atoms in total. The highest BCUT2D eigenvalue weighted by Gasteiger charge is 2.30. The molecule has 0 fully saturated rings. The van der Waals surface area contributed by atoms with Gasteiger partial charge in [-0.15, -0.1) is 0 Å². The molecule has 0 saturated carbocycles. The molecule has 346 valence electrons. The van der Waals surface area contributed by atoms with E-state index in [0.717, 1.165) is 78.0 Å². The topological polar surface area (TPSA) is 32.8 Å². The van der Waals surface area contributed by atoms with E-state index in [2.05, 4.69) is 249 Å². The third-order valence-electron chi connectivity index (χ3n) is 14.8. The van der Waals surface area contributed by atoms with Crippen LogP contribution in [0.5, 0.6) is 0 Å². The maximum absolute atomic E-state index is 7.15. The molecule has 70 heavy (non-hydrogen) atoms. The fraction of sp³-hybridized carbons (Fsp3) is 0.212. The van der Waals surface area contributed by atoms with Gasteiger partial charge < -0.3 is 18.6 Å². The fourth-order valence-corrected chi connectivity index (χ4v) is 11.4. The van der Waals surface area contributed by atoms with Crippen molar-refractivity contribution >= 4 is 110 Å². The molecule has 0 saturated heterocycles. The Balaban J connectivity index is 1.19. The summed E-state index contributed by atoms with van der Waals surface area (Å²) in [6, 6.07) is 62.6. The average molecular weight is 913 g/mol. The van der Waals surface area contributed by atoms with Crippen LogP contribution in [0.4, 0.5) is 34.1 Å². The highest BCUT2D eigenvalue weighted by molar-refractivity contribution is 6.30. The lowest BCUT2D eigenvalue weighted by molar-refractivity contribution is 0.572. The summed E-state index contributed by atoms with van der Waals surface area (Å²) < 4.78 is 14.3. The Morgan fingerprint density at radius 1 is 0.329 bits per heavy atom. The van der Waals surface area contributed by atoms with Gasteiger partial charge in [0.25, 0.3) is 0 Å². The Morgan fingerprint density at radius 2 is 0.671 bits per heavy atom. The summed E-state index contributed by atoms with van der Waals surface area (Å²) >= 11 is 0. The predicted molar refractivity (Wildman–Crippen MR) is 300 cm³/mol. The molecule has 4 heteroatoms. The summed E-state index contributed by atoms with van der Waals surface area (Å²) in [7, 11) is 0. The fourth-order valence-electron chi connectivity index (χ4n) is 11.4. The van der Waals surface area contributed by atoms with Crippen LogP contribution in [0.3, 0.4) is 0 Å². The molecular weight excluding hydrogens is 853 g/mol. The van der Waals surface area contributed by atoms with E-state index in [0.29, 0.717) is 0 Å². The first-order valence-corrected chi connectivity index (χ1v) is 25.1. The van der Waals surface area contributed by atoms with Crippen molar-refractivity contribution in [3.63, 3.8) is 0 Å². The van der Waals surface area contributed by atoms with Crippen molar-refractivity contribution in [3.05, 3.63) is 192 Å². The second-order valence-electron chi connectivity index (χ2n) is 22.1. The molecule has 10 aromatic carbocycles. The highest BCUT2D eigenvalue weighted by Crippen LogP contribution is 2.53. The molecule has 0 bridgehead atoms. The van der Waals surface area contributed by atoms with Crippen LogP contribution in [0.1, 0.15) is 103 Å². The lowest BCUT2D eigenvalue weighted by Crippen LogP contribution is -2.13. The predicted octanol–water partition coefficient (Wildman–Crippen LogP) is 20.2. The molecule has 2 aromatic heterocycles. The summed E-state index contributed by atoms with van der Waals surface area (Å²) in [4.78, 5) is 4.90. The number of para-hydroxylation sites is 6. The van der Waals surface area contributed by atoms with Gasteiger partial charge in [-0.2, -0.15) is 0 Å². The minimum absolute atomic E-state index is 0.0942. The van der Waals surface area contributed by atoms with E-state index in [1.54, 1.807) is 0 Å². The van der Waals surface area contributed by atoms with Gasteiger partial charge in [-0.25, -0.2) is 0 Å². The molecule has 0 radical (unpaired) electrons. The van der Waals surface area contributed by atoms with Crippen LogP contribution in [0, 0.1) is 0 Å². The number of hydrogen-bond donors (Lipinski definition) is 0. The molecule has 12 rings (SSSR count). The second-order valence-corrected chi connectivity index (χ2v) is 22.1. The minimum atomic E-state index is -0.0942. The van der Waals surface area contributed by atoms with E-state index in [1.165, 1.54) is 54.6 Å². The third-order valence-corrected chi connectivity index (χ3v) is 14.8. The Labute approximate surface area is 411 Å². The number of fused-ring (bicyclic) bond motifs is 6. The van der Waals surface area contributed by atoms with Crippen molar-refractivity contribution in [1.82, 2.24) is 0 Å². The van der Waals surface area contributed by atoms with Crippen LogP contribution in [0.25, 0.3) is 76.2 Å². The number of anilines is 6. The van der Waals surface area contributed by atoms with Crippen LogP contribution in [-0.2, 0) is 10.8 Å². The maximum Gasteiger partial charge on any atom is 0.159 e. The largest absolute Gasteiger partial charge is 0.454 e. The second kappa shape index (κ2) is 16.0. The number of furan rings is 2. The number of rotatable bonds is 8. The molecule has 2 heterocycles. The molecule has 0 N–H and O–H groups in total. The summed E-state index contributed by atoms with van der Waals surface area (Å²) in [6.07, 6.45) is 0. The average Bonchev–Trinajstić information content (AvgIpc) is 3.93. The first-order chi connectivity index (χ1) is 33.7. The molecule has 0 unspecified atom stereocenters. The quantitative estimate of drug-likeness (QED) is 0.142. The zero-order valence-electron chi connectivity index (χ0n) is 42.0. The van der Waals surface area contributed by atoms with Crippen molar-refractivity contribution in [2.75, 3.05) is 9.80 Å². The lowest BCUT2D eigenvalue weighted by atomic mass is 9.84. The van der Waals surface area contributed by atoms with Crippen molar-refractivity contribution in [1.29, 1.82) is 0 Å². The molecule has 0 amide bonds. The van der Waals surface area contributed by atoms with Crippen molar-refractivity contribution < 1.29 is 8.83 Å². The normalized spacial score (nSPS) is 12.7. The minimum Gasteiger partial charge on any atom is -0.454 e. The molecule has 0 aliphatic heterocycles. The van der Waals surface area contributed by atoms with Gasteiger partial charge in [-0.3, -0.25) is 0 Å². The number of nitrogens with zero attached hydrogens (tertiary/aromatic N) is 2. The Morgan fingerprint density at radius 3 is 1.03 bits per heavy atom. The van der Waals surface area contributed by atoms with Gasteiger partial charge in [-0.1, -0.05) is 191 Å². The smallest absolute Gasteiger partial charge is 0.159 e. The first-order valence-electron chi connectivity index (χ1n) is 25.1. The van der Waals surface area contributed by atoms with Gasteiger partial charge in [0.1, 0.15) is 11.2 Å². The van der Waals surface area contributed by atoms with Gasteiger partial charge in [-0.05, 0) is 104 Å². The van der Waals surface area contributed by atoms with E-state index in [4.69, 9.17) is 8.83 Å². The molecule has 0 spiro atoms. The van der Waals surface area contributed by atoms with Gasteiger partial charge >= 0.3 is 0 Å². The SMILES string of the molecule is CC(C)c1cc(N(c2ccccc2)c2cccc3c2oc2c(C(C)(C)C)cccc23)c2ccc3c(C(C)C)cc(N(c4ccccc4)c4cccc5c4oc4c(C(C)(C)C)cccc45)c4ccc1c2c34. The zero-order chi connectivity index (χ0) is 48.4. The van der Waals surface area contributed by atoms with Crippen LogP contribution in [0.2, 0.25) is 0 Å². The van der Waals surface area contributed by atoms with Crippen molar-refractivity contribution in [3.8, 4) is 0 Å². The van der Waals surface area contributed by atoms with E-state index in [1.807, 2.05) is 0 Å². The molecule has 0 aliphatic rings. The van der Waals surface area contributed by atoms with Crippen molar-refractivity contribution in [2.45, 2.75) is 91.9 Å². The van der Waals surface area contributed by atoms with Gasteiger partial charge in [0.2, 0.25) is 0 Å².